The van der Waals surface area contributed by atoms with E-state index in [9.17, 15) is 14.7 Å². The molecular weight excluding hydrogens is 521 g/mol. The molecule has 0 radical (unpaired) electrons. The summed E-state index contributed by atoms with van der Waals surface area (Å²) in [4.78, 5) is 24.5. The van der Waals surface area contributed by atoms with Crippen LogP contribution in [-0.2, 0) is 11.2 Å². The number of ketones is 1. The van der Waals surface area contributed by atoms with Crippen molar-refractivity contribution >= 4 is 17.3 Å². The summed E-state index contributed by atoms with van der Waals surface area (Å²) in [5, 5.41) is 19.3. The lowest BCUT2D eigenvalue weighted by Gasteiger charge is -2.22. The highest BCUT2D eigenvalue weighted by atomic mass is 19.1. The molecule has 0 saturated carbocycles. The van der Waals surface area contributed by atoms with Gasteiger partial charge < -0.3 is 19.4 Å². The lowest BCUT2D eigenvalue weighted by atomic mass is 9.95. The van der Waals surface area contributed by atoms with E-state index in [2.05, 4.69) is 6.92 Å². The lowest BCUT2D eigenvalue weighted by molar-refractivity contribution is -0.137. The number of halogens is 1. The van der Waals surface area contributed by atoms with E-state index in [-0.39, 0.29) is 18.1 Å². The number of aliphatic hydroxyl groups is 1. The second-order valence-corrected chi connectivity index (χ2v) is 10.8. The van der Waals surface area contributed by atoms with Gasteiger partial charge in [-0.05, 0) is 85.7 Å². The number of unbranched alkanes of at least 4 members (excludes halogenated alkanes) is 1. The molecule has 0 fully saturated rings. The summed E-state index contributed by atoms with van der Waals surface area (Å²) < 4.78 is 23.4. The van der Waals surface area contributed by atoms with Crippen LogP contribution in [0.3, 0.4) is 0 Å². The van der Waals surface area contributed by atoms with E-state index in [4.69, 9.17) is 9.84 Å². The van der Waals surface area contributed by atoms with Crippen molar-refractivity contribution in [3.63, 3.8) is 0 Å². The number of hydrogen-bond acceptors (Lipinski definition) is 4. The summed E-state index contributed by atoms with van der Waals surface area (Å²) in [7, 11) is 0. The van der Waals surface area contributed by atoms with Crippen LogP contribution < -0.4 is 4.74 Å². The van der Waals surface area contributed by atoms with Gasteiger partial charge in [0.05, 0.1) is 11.6 Å². The van der Waals surface area contributed by atoms with Gasteiger partial charge in [0.15, 0.2) is 5.78 Å². The molecule has 7 heteroatoms. The number of rotatable bonds is 14. The molecular formula is C34H38FNO5. The molecule has 0 aliphatic rings. The SMILES string of the molecule is CCCCC(Oc1ccc(C(=O)c2cc(CCCC(=O)O)n3ccccc23)cc1)c1ccc(C(O)C(C)C)cc1F. The van der Waals surface area contributed by atoms with Gasteiger partial charge in [0.2, 0.25) is 0 Å². The van der Waals surface area contributed by atoms with Crippen LogP contribution in [0.5, 0.6) is 5.75 Å². The van der Waals surface area contributed by atoms with E-state index in [1.807, 2.05) is 48.7 Å². The second-order valence-electron chi connectivity index (χ2n) is 10.8. The van der Waals surface area contributed by atoms with Crippen LogP contribution in [0.15, 0.2) is 72.9 Å². The van der Waals surface area contributed by atoms with Crippen molar-refractivity contribution < 1.29 is 28.9 Å². The quantitative estimate of drug-likeness (QED) is 0.154. The number of aliphatic carboxylic acids is 1. The molecule has 2 atom stereocenters. The first-order valence-corrected chi connectivity index (χ1v) is 14.3. The van der Waals surface area contributed by atoms with E-state index < -0.39 is 24.0 Å². The fourth-order valence-electron chi connectivity index (χ4n) is 5.06. The molecule has 6 nitrogen and oxygen atoms in total. The minimum absolute atomic E-state index is 0.0258. The van der Waals surface area contributed by atoms with E-state index in [1.165, 1.54) is 6.07 Å². The number of carboxylic acid groups (broad SMARTS) is 1. The van der Waals surface area contributed by atoms with Crippen molar-refractivity contribution in [1.82, 2.24) is 4.40 Å². The smallest absolute Gasteiger partial charge is 0.303 e. The van der Waals surface area contributed by atoms with Gasteiger partial charge in [-0.25, -0.2) is 4.39 Å². The molecule has 0 bridgehead atoms. The first-order valence-electron chi connectivity index (χ1n) is 14.3. The number of pyridine rings is 1. The normalized spacial score (nSPS) is 12.9. The first-order chi connectivity index (χ1) is 19.7. The standard InChI is InChI=1S/C34H38FNO5/c1-4-5-11-31(27-18-15-24(20-29(27)35)33(39)22(2)3)41-26-16-13-23(14-17-26)34(40)28-21-25(9-8-12-32(37)38)36-19-7-6-10-30(28)36/h6-7,10,13-22,31,33,39H,4-5,8-9,11-12H2,1-3H3,(H,37,38). The monoisotopic (exact) mass is 559 g/mol. The number of hydrogen-bond donors (Lipinski definition) is 2. The maximum absolute atomic E-state index is 15.2. The largest absolute Gasteiger partial charge is 0.486 e. The van der Waals surface area contributed by atoms with E-state index in [0.29, 0.717) is 47.3 Å². The third kappa shape index (κ3) is 7.22. The molecule has 0 amide bonds. The van der Waals surface area contributed by atoms with Crippen molar-refractivity contribution in [3.05, 3.63) is 107 Å². The maximum Gasteiger partial charge on any atom is 0.303 e. The highest BCUT2D eigenvalue weighted by Gasteiger charge is 2.22. The average molecular weight is 560 g/mol. The second kappa shape index (κ2) is 13.6. The lowest BCUT2D eigenvalue weighted by Crippen LogP contribution is -2.12. The number of aryl methyl sites for hydroxylation is 1. The van der Waals surface area contributed by atoms with E-state index >= 15 is 4.39 Å². The zero-order valence-corrected chi connectivity index (χ0v) is 23.8. The fourth-order valence-corrected chi connectivity index (χ4v) is 5.06. The van der Waals surface area contributed by atoms with Gasteiger partial charge in [0, 0.05) is 35.0 Å². The number of carbonyl (C=O) groups excluding carboxylic acids is 1. The van der Waals surface area contributed by atoms with Crippen LogP contribution in [0.1, 0.15) is 97.8 Å². The van der Waals surface area contributed by atoms with Crippen LogP contribution in [0.4, 0.5) is 4.39 Å². The molecule has 4 rings (SSSR count). The highest BCUT2D eigenvalue weighted by Crippen LogP contribution is 2.32. The van der Waals surface area contributed by atoms with Crippen LogP contribution in [0, 0.1) is 11.7 Å². The number of ether oxygens (including phenoxy) is 1. The number of aliphatic hydroxyl groups excluding tert-OH is 1. The Morgan fingerprint density at radius 3 is 2.41 bits per heavy atom. The third-order valence-electron chi connectivity index (χ3n) is 7.38. The predicted molar refractivity (Wildman–Crippen MR) is 157 cm³/mol. The number of nitrogens with zero attached hydrogens (tertiary/aromatic N) is 1. The molecule has 2 N–H and O–H groups in total. The molecule has 41 heavy (non-hydrogen) atoms. The highest BCUT2D eigenvalue weighted by molar-refractivity contribution is 6.13. The molecule has 2 heterocycles. The van der Waals surface area contributed by atoms with E-state index in [0.717, 1.165) is 24.1 Å². The van der Waals surface area contributed by atoms with Crippen LogP contribution in [-0.4, -0.2) is 26.4 Å². The Bertz CT molecular complexity index is 1490. The molecule has 0 saturated heterocycles. The Balaban J connectivity index is 1.54. The van der Waals surface area contributed by atoms with Crippen molar-refractivity contribution in [2.24, 2.45) is 5.92 Å². The van der Waals surface area contributed by atoms with Gasteiger partial charge in [-0.1, -0.05) is 45.4 Å². The predicted octanol–water partition coefficient (Wildman–Crippen LogP) is 7.72. The first kappa shape index (κ1) is 30.0. The molecule has 2 unspecified atom stereocenters. The Kier molecular flexibility index (Phi) is 9.95. The van der Waals surface area contributed by atoms with Crippen molar-refractivity contribution in [2.75, 3.05) is 0 Å². The number of aromatic nitrogens is 1. The zero-order chi connectivity index (χ0) is 29.5. The van der Waals surface area contributed by atoms with Crippen LogP contribution in [0.25, 0.3) is 5.52 Å². The number of carboxylic acids is 1. The summed E-state index contributed by atoms with van der Waals surface area (Å²) >= 11 is 0. The molecule has 0 aliphatic carbocycles. The van der Waals surface area contributed by atoms with Gasteiger partial charge in [-0.2, -0.15) is 0 Å². The maximum atomic E-state index is 15.2. The van der Waals surface area contributed by atoms with Gasteiger partial charge >= 0.3 is 5.97 Å². The van der Waals surface area contributed by atoms with Crippen LogP contribution in [0.2, 0.25) is 0 Å². The van der Waals surface area contributed by atoms with Gasteiger partial charge in [0.25, 0.3) is 0 Å². The number of fused-ring (bicyclic) bond motifs is 1. The van der Waals surface area contributed by atoms with Crippen molar-refractivity contribution in [3.8, 4) is 5.75 Å². The minimum atomic E-state index is -0.842. The van der Waals surface area contributed by atoms with Crippen molar-refractivity contribution in [2.45, 2.75) is 71.5 Å². The molecule has 0 aliphatic heterocycles. The molecule has 2 aromatic heterocycles. The summed E-state index contributed by atoms with van der Waals surface area (Å²) in [6.45, 7) is 5.84. The minimum Gasteiger partial charge on any atom is -0.486 e. The Morgan fingerprint density at radius 2 is 1.76 bits per heavy atom. The molecule has 2 aromatic carbocycles. The molecule has 4 aromatic rings. The Hall–Kier alpha value is -3.97. The van der Waals surface area contributed by atoms with E-state index in [1.54, 1.807) is 36.4 Å². The summed E-state index contributed by atoms with van der Waals surface area (Å²) in [6, 6.07) is 19.2. The number of carbonyl (C=O) groups is 2. The third-order valence-corrected chi connectivity index (χ3v) is 7.38. The van der Waals surface area contributed by atoms with Crippen molar-refractivity contribution in [1.29, 1.82) is 0 Å². The fraction of sp³-hybridized carbons (Fsp3) is 0.353. The van der Waals surface area contributed by atoms with Crippen LogP contribution >= 0.6 is 0 Å². The topological polar surface area (TPSA) is 88.2 Å². The molecule has 216 valence electrons. The Labute approximate surface area is 240 Å². The summed E-state index contributed by atoms with van der Waals surface area (Å²) in [5.41, 5.74) is 3.68. The van der Waals surface area contributed by atoms with Gasteiger partial charge in [-0.15, -0.1) is 0 Å². The number of benzene rings is 2. The summed E-state index contributed by atoms with van der Waals surface area (Å²) in [6.07, 6.45) is 4.14. The zero-order valence-electron chi connectivity index (χ0n) is 23.8. The summed E-state index contributed by atoms with van der Waals surface area (Å²) in [5.74, 6) is -0.884. The average Bonchev–Trinajstić information content (AvgIpc) is 3.33. The molecule has 0 spiro atoms. The Morgan fingerprint density at radius 1 is 1.00 bits per heavy atom. The van der Waals surface area contributed by atoms with Gasteiger partial charge in [-0.3, -0.25) is 9.59 Å². The van der Waals surface area contributed by atoms with Gasteiger partial charge in [0.1, 0.15) is 17.7 Å².